The maximum absolute atomic E-state index is 12.3. The molecule has 0 saturated heterocycles. The number of aryl methyl sites for hydroxylation is 2. The standard InChI is InChI=1S/C15H19ClN2O2S/c1-5-11(19)14-10(16)6-9(7-12(14)20)13-8(2)17-18(3)15(13)21-4/h9H,5-7H2,1-4H3. The zero-order chi connectivity index (χ0) is 15.7. The first-order valence-corrected chi connectivity index (χ1v) is 8.53. The van der Waals surface area contributed by atoms with Crippen molar-refractivity contribution in [3.05, 3.63) is 21.9 Å². The SMILES string of the molecule is CCC(=O)C1=C(Cl)CC(c2c(C)nn(C)c2SC)CC1=O. The first kappa shape index (κ1) is 16.3. The van der Waals surface area contributed by atoms with Crippen molar-refractivity contribution in [3.8, 4) is 0 Å². The van der Waals surface area contributed by atoms with E-state index in [1.807, 2.05) is 24.9 Å². The van der Waals surface area contributed by atoms with E-state index in [0.717, 1.165) is 16.3 Å². The summed E-state index contributed by atoms with van der Waals surface area (Å²) in [5, 5.41) is 5.89. The molecule has 114 valence electrons. The summed E-state index contributed by atoms with van der Waals surface area (Å²) in [5.41, 5.74) is 2.22. The third-order valence-electron chi connectivity index (χ3n) is 3.82. The lowest BCUT2D eigenvalue weighted by atomic mass is 9.82. The molecule has 0 saturated carbocycles. The topological polar surface area (TPSA) is 52.0 Å². The predicted octanol–water partition coefficient (Wildman–Crippen LogP) is 3.37. The normalized spacial score (nSPS) is 19.3. The fourth-order valence-corrected chi connectivity index (χ4v) is 4.16. The highest BCUT2D eigenvalue weighted by atomic mass is 35.5. The van der Waals surface area contributed by atoms with E-state index in [4.69, 9.17) is 11.6 Å². The second-order valence-corrected chi connectivity index (χ2v) is 6.47. The second-order valence-electron chi connectivity index (χ2n) is 5.22. The van der Waals surface area contributed by atoms with Gasteiger partial charge in [0.2, 0.25) is 0 Å². The minimum absolute atomic E-state index is 0.00885. The Bertz CT molecular complexity index is 634. The zero-order valence-corrected chi connectivity index (χ0v) is 14.3. The third-order valence-corrected chi connectivity index (χ3v) is 5.04. The average Bonchev–Trinajstić information content (AvgIpc) is 2.71. The molecule has 0 bridgehead atoms. The molecular formula is C15H19ClN2O2S. The molecular weight excluding hydrogens is 308 g/mol. The Morgan fingerprint density at radius 1 is 1.48 bits per heavy atom. The van der Waals surface area contributed by atoms with Crippen LogP contribution in [0.3, 0.4) is 0 Å². The Balaban J connectivity index is 2.41. The molecule has 21 heavy (non-hydrogen) atoms. The maximum atomic E-state index is 12.3. The third kappa shape index (κ3) is 2.94. The molecule has 0 radical (unpaired) electrons. The van der Waals surface area contributed by atoms with Crippen molar-refractivity contribution >= 4 is 34.9 Å². The van der Waals surface area contributed by atoms with Crippen LogP contribution in [0.4, 0.5) is 0 Å². The molecule has 1 aliphatic carbocycles. The maximum Gasteiger partial charge on any atom is 0.168 e. The second kappa shape index (κ2) is 6.36. The molecule has 0 aromatic carbocycles. The van der Waals surface area contributed by atoms with Gasteiger partial charge in [0.15, 0.2) is 11.6 Å². The summed E-state index contributed by atoms with van der Waals surface area (Å²) in [6, 6.07) is 0. The minimum atomic E-state index is -0.156. The van der Waals surface area contributed by atoms with Gasteiger partial charge >= 0.3 is 0 Å². The molecule has 0 amide bonds. The number of carbonyl (C=O) groups is 2. The Kier molecular flexibility index (Phi) is 4.94. The van der Waals surface area contributed by atoms with Crippen molar-refractivity contribution in [1.29, 1.82) is 0 Å². The Hall–Kier alpha value is -1.07. The number of ketones is 2. The fourth-order valence-electron chi connectivity index (χ4n) is 2.92. The average molecular weight is 327 g/mol. The highest BCUT2D eigenvalue weighted by Gasteiger charge is 2.33. The van der Waals surface area contributed by atoms with Gasteiger partial charge in [-0.1, -0.05) is 18.5 Å². The Labute approximate surface area is 133 Å². The van der Waals surface area contributed by atoms with Gasteiger partial charge in [-0.15, -0.1) is 11.8 Å². The fraction of sp³-hybridized carbons (Fsp3) is 0.533. The summed E-state index contributed by atoms with van der Waals surface area (Å²) < 4.78 is 1.84. The number of nitrogens with zero attached hydrogens (tertiary/aromatic N) is 2. The molecule has 0 aliphatic heterocycles. The van der Waals surface area contributed by atoms with E-state index in [1.54, 1.807) is 18.7 Å². The zero-order valence-electron chi connectivity index (χ0n) is 12.7. The first-order chi connectivity index (χ1) is 9.90. The minimum Gasteiger partial charge on any atom is -0.294 e. The number of aromatic nitrogens is 2. The number of hydrogen-bond acceptors (Lipinski definition) is 4. The van der Waals surface area contributed by atoms with Crippen LogP contribution in [0.5, 0.6) is 0 Å². The monoisotopic (exact) mass is 326 g/mol. The van der Waals surface area contributed by atoms with Crippen LogP contribution in [0, 0.1) is 6.92 Å². The van der Waals surface area contributed by atoms with E-state index in [1.165, 1.54) is 0 Å². The molecule has 1 heterocycles. The van der Waals surface area contributed by atoms with Crippen LogP contribution in [-0.4, -0.2) is 27.6 Å². The molecule has 0 N–H and O–H groups in total. The summed E-state index contributed by atoms with van der Waals surface area (Å²) >= 11 is 7.87. The van der Waals surface area contributed by atoms with Crippen molar-refractivity contribution in [2.24, 2.45) is 7.05 Å². The Morgan fingerprint density at radius 3 is 2.67 bits per heavy atom. The molecule has 4 nitrogen and oxygen atoms in total. The highest BCUT2D eigenvalue weighted by molar-refractivity contribution is 7.98. The Morgan fingerprint density at radius 2 is 2.14 bits per heavy atom. The van der Waals surface area contributed by atoms with Gasteiger partial charge in [0, 0.05) is 36.4 Å². The lowest BCUT2D eigenvalue weighted by Gasteiger charge is -2.23. The van der Waals surface area contributed by atoms with Crippen LogP contribution >= 0.6 is 23.4 Å². The summed E-state index contributed by atoms with van der Waals surface area (Å²) in [7, 11) is 1.90. The number of hydrogen-bond donors (Lipinski definition) is 0. The molecule has 1 aliphatic rings. The molecule has 0 spiro atoms. The molecule has 0 fully saturated rings. The largest absolute Gasteiger partial charge is 0.294 e. The van der Waals surface area contributed by atoms with Crippen LogP contribution in [0.1, 0.15) is 43.4 Å². The summed E-state index contributed by atoms with van der Waals surface area (Å²) in [6.45, 7) is 3.69. The molecule has 6 heteroatoms. The van der Waals surface area contributed by atoms with Gasteiger partial charge in [0.25, 0.3) is 0 Å². The summed E-state index contributed by atoms with van der Waals surface area (Å²) in [4.78, 5) is 24.2. The van der Waals surface area contributed by atoms with Gasteiger partial charge in [-0.05, 0) is 19.6 Å². The highest BCUT2D eigenvalue weighted by Crippen LogP contribution is 2.41. The van der Waals surface area contributed by atoms with Gasteiger partial charge in [-0.2, -0.15) is 5.10 Å². The number of thioether (sulfide) groups is 1. The van der Waals surface area contributed by atoms with Crippen LogP contribution in [0.2, 0.25) is 0 Å². The lowest BCUT2D eigenvalue weighted by molar-refractivity contribution is -0.121. The van der Waals surface area contributed by atoms with Gasteiger partial charge < -0.3 is 0 Å². The van der Waals surface area contributed by atoms with E-state index >= 15 is 0 Å². The van der Waals surface area contributed by atoms with E-state index in [-0.39, 0.29) is 23.1 Å². The lowest BCUT2D eigenvalue weighted by Crippen LogP contribution is -2.22. The van der Waals surface area contributed by atoms with Crippen molar-refractivity contribution < 1.29 is 9.59 Å². The number of halogens is 1. The number of allylic oxidation sites excluding steroid dienone is 2. The van der Waals surface area contributed by atoms with Gasteiger partial charge in [0.05, 0.1) is 16.3 Å². The number of Topliss-reactive ketones (excluding diaryl/α,β-unsaturated/α-hetero) is 2. The molecule has 2 rings (SSSR count). The van der Waals surface area contributed by atoms with Crippen LogP contribution in [0.25, 0.3) is 0 Å². The summed E-state index contributed by atoms with van der Waals surface area (Å²) in [6.07, 6.45) is 3.17. The van der Waals surface area contributed by atoms with E-state index in [2.05, 4.69) is 5.10 Å². The van der Waals surface area contributed by atoms with E-state index < -0.39 is 0 Å². The van der Waals surface area contributed by atoms with Crippen LogP contribution in [0.15, 0.2) is 15.6 Å². The van der Waals surface area contributed by atoms with Gasteiger partial charge in [0.1, 0.15) is 0 Å². The molecule has 1 aromatic heterocycles. The number of rotatable bonds is 4. The smallest absolute Gasteiger partial charge is 0.168 e. The van der Waals surface area contributed by atoms with E-state index in [9.17, 15) is 9.59 Å². The van der Waals surface area contributed by atoms with Crippen molar-refractivity contribution in [1.82, 2.24) is 9.78 Å². The van der Waals surface area contributed by atoms with Gasteiger partial charge in [-0.25, -0.2) is 0 Å². The first-order valence-electron chi connectivity index (χ1n) is 6.93. The van der Waals surface area contributed by atoms with Crippen LogP contribution in [-0.2, 0) is 16.6 Å². The predicted molar refractivity (Wildman–Crippen MR) is 84.9 cm³/mol. The molecule has 1 unspecified atom stereocenters. The molecule has 1 atom stereocenters. The van der Waals surface area contributed by atoms with Crippen molar-refractivity contribution in [2.45, 2.75) is 44.1 Å². The van der Waals surface area contributed by atoms with Crippen molar-refractivity contribution in [3.63, 3.8) is 0 Å². The summed E-state index contributed by atoms with van der Waals surface area (Å²) in [5.74, 6) is -0.288. The quantitative estimate of drug-likeness (QED) is 0.629. The van der Waals surface area contributed by atoms with Crippen molar-refractivity contribution in [2.75, 3.05) is 6.26 Å². The van der Waals surface area contributed by atoms with E-state index in [0.29, 0.717) is 24.3 Å². The van der Waals surface area contributed by atoms with Gasteiger partial charge in [-0.3, -0.25) is 14.3 Å². The number of carbonyl (C=O) groups excluding carboxylic acids is 2. The van der Waals surface area contributed by atoms with Crippen LogP contribution < -0.4 is 0 Å². The molecule has 1 aromatic rings.